The monoisotopic (exact) mass is 330 g/mol. The molecule has 0 aliphatic heterocycles. The maximum absolute atomic E-state index is 11.7. The Balaban J connectivity index is 2.28. The van der Waals surface area contributed by atoms with Crippen molar-refractivity contribution >= 4 is 27.7 Å². The van der Waals surface area contributed by atoms with Gasteiger partial charge in [-0.15, -0.1) is 0 Å². The summed E-state index contributed by atoms with van der Waals surface area (Å²) in [7, 11) is 1.53. The van der Waals surface area contributed by atoms with Crippen LogP contribution in [-0.2, 0) is 14.4 Å². The van der Waals surface area contributed by atoms with E-state index in [0.717, 1.165) is 4.47 Å². The summed E-state index contributed by atoms with van der Waals surface area (Å²) in [6.07, 6.45) is 0. The molecule has 0 fully saturated rings. The highest BCUT2D eigenvalue weighted by atomic mass is 79.9. The van der Waals surface area contributed by atoms with Crippen LogP contribution in [0.15, 0.2) is 28.7 Å². The van der Waals surface area contributed by atoms with E-state index in [1.165, 1.54) is 7.11 Å². The van der Waals surface area contributed by atoms with Gasteiger partial charge in [-0.2, -0.15) is 0 Å². The van der Waals surface area contributed by atoms with Crippen molar-refractivity contribution in [2.24, 2.45) is 0 Å². The molecule has 0 radical (unpaired) electrons. The van der Waals surface area contributed by atoms with Gasteiger partial charge in [-0.25, -0.2) is 5.48 Å². The quantitative estimate of drug-likeness (QED) is 0.574. The Hall–Kier alpha value is -1.44. The second-order valence-electron chi connectivity index (χ2n) is 3.56. The van der Waals surface area contributed by atoms with Gasteiger partial charge in [0.1, 0.15) is 0 Å². The van der Waals surface area contributed by atoms with Crippen LogP contribution in [0.2, 0.25) is 0 Å². The number of halogens is 1. The smallest absolute Gasteiger partial charge is 0.262 e. The highest BCUT2D eigenvalue weighted by Crippen LogP contribution is 2.11. The molecule has 0 atom stereocenters. The molecule has 0 saturated heterocycles. The number of ether oxygens (including phenoxy) is 1. The second-order valence-corrected chi connectivity index (χ2v) is 4.48. The molecule has 0 aliphatic carbocycles. The molecule has 2 amide bonds. The van der Waals surface area contributed by atoms with Gasteiger partial charge in [0.2, 0.25) is 0 Å². The molecule has 1 aromatic carbocycles. The molecule has 1 rings (SSSR count). The van der Waals surface area contributed by atoms with Crippen molar-refractivity contribution in [1.29, 1.82) is 0 Å². The number of benzene rings is 1. The first-order chi connectivity index (χ1) is 9.13. The van der Waals surface area contributed by atoms with E-state index in [1.807, 2.05) is 6.07 Å². The molecule has 104 valence electrons. The molecule has 0 spiro atoms. The van der Waals surface area contributed by atoms with Gasteiger partial charge in [-0.3, -0.25) is 14.4 Å². The SMILES string of the molecule is COCCONC(=O)CNC(=O)c1cccc(Br)c1. The van der Waals surface area contributed by atoms with Crippen LogP contribution >= 0.6 is 15.9 Å². The normalized spacial score (nSPS) is 10.0. The van der Waals surface area contributed by atoms with Crippen LogP contribution in [0, 0.1) is 0 Å². The Morgan fingerprint density at radius 2 is 2.11 bits per heavy atom. The Labute approximate surface area is 119 Å². The van der Waals surface area contributed by atoms with Crippen molar-refractivity contribution in [2.75, 3.05) is 26.9 Å². The summed E-state index contributed by atoms with van der Waals surface area (Å²) in [5, 5.41) is 2.48. The summed E-state index contributed by atoms with van der Waals surface area (Å²) in [6.45, 7) is 0.477. The lowest BCUT2D eigenvalue weighted by molar-refractivity contribution is -0.133. The van der Waals surface area contributed by atoms with E-state index in [-0.39, 0.29) is 19.1 Å². The van der Waals surface area contributed by atoms with Crippen molar-refractivity contribution in [3.05, 3.63) is 34.3 Å². The number of hydroxylamine groups is 1. The third kappa shape index (κ3) is 6.32. The number of hydrogen-bond donors (Lipinski definition) is 2. The fraction of sp³-hybridized carbons (Fsp3) is 0.333. The molecule has 0 aromatic heterocycles. The summed E-state index contributed by atoms with van der Waals surface area (Å²) in [6, 6.07) is 6.88. The van der Waals surface area contributed by atoms with E-state index < -0.39 is 5.91 Å². The third-order valence-corrected chi connectivity index (χ3v) is 2.57. The molecule has 1 aromatic rings. The Morgan fingerprint density at radius 1 is 1.32 bits per heavy atom. The molecular weight excluding hydrogens is 316 g/mol. The minimum absolute atomic E-state index is 0.154. The molecule has 0 aliphatic rings. The summed E-state index contributed by atoms with van der Waals surface area (Å²) < 4.78 is 5.54. The van der Waals surface area contributed by atoms with Crippen LogP contribution in [-0.4, -0.2) is 38.7 Å². The van der Waals surface area contributed by atoms with Crippen molar-refractivity contribution in [2.45, 2.75) is 0 Å². The van der Waals surface area contributed by atoms with Crippen molar-refractivity contribution < 1.29 is 19.2 Å². The zero-order valence-electron chi connectivity index (χ0n) is 10.4. The summed E-state index contributed by atoms with van der Waals surface area (Å²) in [4.78, 5) is 27.8. The van der Waals surface area contributed by atoms with Gasteiger partial charge in [-0.05, 0) is 18.2 Å². The standard InChI is InChI=1S/C12H15BrN2O4/c1-18-5-6-19-15-11(16)8-14-12(17)9-3-2-4-10(13)7-9/h2-4,7H,5-6,8H2,1H3,(H,14,17)(H,15,16). The fourth-order valence-electron chi connectivity index (χ4n) is 1.18. The van der Waals surface area contributed by atoms with Gasteiger partial charge in [0.15, 0.2) is 0 Å². The van der Waals surface area contributed by atoms with Crippen molar-refractivity contribution in [3.63, 3.8) is 0 Å². The summed E-state index contributed by atoms with van der Waals surface area (Å²) in [5.41, 5.74) is 2.67. The van der Waals surface area contributed by atoms with E-state index in [0.29, 0.717) is 12.2 Å². The lowest BCUT2D eigenvalue weighted by Gasteiger charge is -2.07. The van der Waals surface area contributed by atoms with Gasteiger partial charge in [-0.1, -0.05) is 22.0 Å². The maximum Gasteiger partial charge on any atom is 0.262 e. The highest BCUT2D eigenvalue weighted by molar-refractivity contribution is 9.10. The van der Waals surface area contributed by atoms with Gasteiger partial charge in [0, 0.05) is 17.1 Å². The van der Waals surface area contributed by atoms with Crippen molar-refractivity contribution in [3.8, 4) is 0 Å². The number of rotatable bonds is 7. The summed E-state index contributed by atoms with van der Waals surface area (Å²) >= 11 is 3.27. The van der Waals surface area contributed by atoms with Crippen LogP contribution in [0.1, 0.15) is 10.4 Å². The minimum Gasteiger partial charge on any atom is -0.382 e. The predicted molar refractivity (Wildman–Crippen MR) is 72.4 cm³/mol. The van der Waals surface area contributed by atoms with Crippen LogP contribution < -0.4 is 10.8 Å². The lowest BCUT2D eigenvalue weighted by atomic mass is 10.2. The Kier molecular flexibility index (Phi) is 7.09. The molecule has 0 heterocycles. The Morgan fingerprint density at radius 3 is 2.79 bits per heavy atom. The number of carbonyl (C=O) groups is 2. The van der Waals surface area contributed by atoms with E-state index in [2.05, 4.69) is 26.7 Å². The van der Waals surface area contributed by atoms with Crippen LogP contribution in [0.25, 0.3) is 0 Å². The van der Waals surface area contributed by atoms with Gasteiger partial charge in [0.25, 0.3) is 11.8 Å². The Bertz CT molecular complexity index is 439. The molecule has 7 heteroatoms. The molecule has 0 unspecified atom stereocenters. The minimum atomic E-state index is -0.431. The molecule has 0 saturated carbocycles. The zero-order chi connectivity index (χ0) is 14.1. The first-order valence-electron chi connectivity index (χ1n) is 5.57. The fourth-order valence-corrected chi connectivity index (χ4v) is 1.58. The van der Waals surface area contributed by atoms with Gasteiger partial charge < -0.3 is 10.1 Å². The zero-order valence-corrected chi connectivity index (χ0v) is 12.0. The topological polar surface area (TPSA) is 76.7 Å². The highest BCUT2D eigenvalue weighted by Gasteiger charge is 2.08. The number of carbonyl (C=O) groups excluding carboxylic acids is 2. The molecule has 0 bridgehead atoms. The number of amides is 2. The molecule has 2 N–H and O–H groups in total. The van der Waals surface area contributed by atoms with Crippen molar-refractivity contribution in [1.82, 2.24) is 10.8 Å². The largest absolute Gasteiger partial charge is 0.382 e. The third-order valence-electron chi connectivity index (χ3n) is 2.07. The molecular formula is C12H15BrN2O4. The maximum atomic E-state index is 11.7. The van der Waals surface area contributed by atoms with Gasteiger partial charge in [0.05, 0.1) is 19.8 Å². The molecule has 6 nitrogen and oxygen atoms in total. The van der Waals surface area contributed by atoms with E-state index in [4.69, 9.17) is 9.57 Å². The van der Waals surface area contributed by atoms with Gasteiger partial charge >= 0.3 is 0 Å². The van der Waals surface area contributed by atoms with Crippen LogP contribution in [0.3, 0.4) is 0 Å². The van der Waals surface area contributed by atoms with Crippen LogP contribution in [0.5, 0.6) is 0 Å². The average molecular weight is 331 g/mol. The second kappa shape index (κ2) is 8.63. The number of nitrogens with one attached hydrogen (secondary N) is 2. The molecule has 19 heavy (non-hydrogen) atoms. The van der Waals surface area contributed by atoms with E-state index in [9.17, 15) is 9.59 Å². The number of methoxy groups -OCH3 is 1. The van der Waals surface area contributed by atoms with Crippen LogP contribution in [0.4, 0.5) is 0 Å². The first kappa shape index (κ1) is 15.6. The summed E-state index contributed by atoms with van der Waals surface area (Å²) in [5.74, 6) is -0.757. The van der Waals surface area contributed by atoms with E-state index >= 15 is 0 Å². The average Bonchev–Trinajstić information content (AvgIpc) is 2.41. The van der Waals surface area contributed by atoms with E-state index in [1.54, 1.807) is 18.2 Å². The lowest BCUT2D eigenvalue weighted by Crippen LogP contribution is -2.37. The first-order valence-corrected chi connectivity index (χ1v) is 6.36. The number of hydrogen-bond acceptors (Lipinski definition) is 4. The predicted octanol–water partition coefficient (Wildman–Crippen LogP) is 0.873.